The highest BCUT2D eigenvalue weighted by Crippen LogP contribution is 2.37. The van der Waals surface area contributed by atoms with Crippen molar-refractivity contribution < 1.29 is 4.79 Å². The zero-order valence-electron chi connectivity index (χ0n) is 10.3. The van der Waals surface area contributed by atoms with Crippen LogP contribution in [0.3, 0.4) is 0 Å². The predicted octanol–water partition coefficient (Wildman–Crippen LogP) is 4.05. The summed E-state index contributed by atoms with van der Waals surface area (Å²) in [6.45, 7) is 6.00. The lowest BCUT2D eigenvalue weighted by Crippen LogP contribution is -2.30. The molecule has 0 unspecified atom stereocenters. The number of Topliss-reactive ketones (excluding diaryl/α,β-unsaturated/α-hetero) is 1. The van der Waals surface area contributed by atoms with Crippen molar-refractivity contribution >= 4 is 17.4 Å². The highest BCUT2D eigenvalue weighted by molar-refractivity contribution is 6.30. The smallest absolute Gasteiger partial charge is 0.133 e. The van der Waals surface area contributed by atoms with Crippen LogP contribution in [-0.4, -0.2) is 5.78 Å². The van der Waals surface area contributed by atoms with Crippen LogP contribution < -0.4 is 0 Å². The molecule has 0 amide bonds. The van der Waals surface area contributed by atoms with Gasteiger partial charge in [-0.3, -0.25) is 4.79 Å². The Balaban J connectivity index is 0.000000771. The first-order valence-corrected chi connectivity index (χ1v) is 6.23. The van der Waals surface area contributed by atoms with Gasteiger partial charge in [0, 0.05) is 17.9 Å². The number of hydrogen-bond acceptors (Lipinski definition) is 2. The molecule has 0 aromatic heterocycles. The Hall–Kier alpha value is -1.59. The van der Waals surface area contributed by atoms with Crippen LogP contribution in [0, 0.1) is 11.3 Å². The second-order valence-corrected chi connectivity index (χ2v) is 4.68. The normalized spacial score (nSPS) is 17.2. The standard InChI is InChI=1S/C13H12ClNO.C2H4/c14-11-3-1-10(2-4-11)13(9-15)7-5-12(16)6-8-13;1-2/h1-4H,5-8H2;1-2H2. The Kier molecular flexibility index (Phi) is 5.12. The molecule has 2 rings (SSSR count). The summed E-state index contributed by atoms with van der Waals surface area (Å²) in [5.74, 6) is 0.264. The van der Waals surface area contributed by atoms with E-state index in [1.165, 1.54) is 0 Å². The molecule has 1 saturated carbocycles. The molecule has 0 heterocycles. The minimum absolute atomic E-state index is 0.264. The van der Waals surface area contributed by atoms with E-state index >= 15 is 0 Å². The van der Waals surface area contributed by atoms with Gasteiger partial charge in [0.15, 0.2) is 0 Å². The summed E-state index contributed by atoms with van der Waals surface area (Å²) in [6.07, 6.45) is 2.28. The topological polar surface area (TPSA) is 40.9 Å². The van der Waals surface area contributed by atoms with Gasteiger partial charge in [-0.2, -0.15) is 5.26 Å². The van der Waals surface area contributed by atoms with Crippen molar-refractivity contribution in [3.8, 4) is 6.07 Å². The fourth-order valence-electron chi connectivity index (χ4n) is 2.19. The molecule has 1 aliphatic rings. The van der Waals surface area contributed by atoms with E-state index in [0.717, 1.165) is 5.56 Å². The molecule has 94 valence electrons. The molecular formula is C15H16ClNO. The Morgan fingerprint density at radius 2 is 1.67 bits per heavy atom. The highest BCUT2D eigenvalue weighted by Gasteiger charge is 2.36. The van der Waals surface area contributed by atoms with Gasteiger partial charge in [0.25, 0.3) is 0 Å². The van der Waals surface area contributed by atoms with E-state index < -0.39 is 5.41 Å². The van der Waals surface area contributed by atoms with E-state index in [0.29, 0.717) is 30.7 Å². The van der Waals surface area contributed by atoms with Crippen LogP contribution in [0.4, 0.5) is 0 Å². The summed E-state index contributed by atoms with van der Waals surface area (Å²) in [7, 11) is 0. The third-order valence-corrected chi connectivity index (χ3v) is 3.52. The van der Waals surface area contributed by atoms with E-state index in [9.17, 15) is 10.1 Å². The maximum absolute atomic E-state index is 11.2. The van der Waals surface area contributed by atoms with Gasteiger partial charge in [-0.25, -0.2) is 0 Å². The van der Waals surface area contributed by atoms with Crippen LogP contribution in [0.1, 0.15) is 31.2 Å². The number of rotatable bonds is 1. The van der Waals surface area contributed by atoms with Crippen molar-refractivity contribution in [2.45, 2.75) is 31.1 Å². The lowest BCUT2D eigenvalue weighted by atomic mass is 9.70. The van der Waals surface area contributed by atoms with Gasteiger partial charge in [-0.15, -0.1) is 13.2 Å². The van der Waals surface area contributed by atoms with Gasteiger partial charge in [-0.05, 0) is 30.5 Å². The Labute approximate surface area is 113 Å². The molecule has 18 heavy (non-hydrogen) atoms. The van der Waals surface area contributed by atoms with Gasteiger partial charge in [0.1, 0.15) is 5.78 Å². The molecular weight excluding hydrogens is 246 g/mol. The van der Waals surface area contributed by atoms with E-state index in [-0.39, 0.29) is 5.78 Å². The van der Waals surface area contributed by atoms with Crippen LogP contribution in [0.5, 0.6) is 0 Å². The first-order chi connectivity index (χ1) is 8.66. The van der Waals surface area contributed by atoms with Gasteiger partial charge >= 0.3 is 0 Å². The van der Waals surface area contributed by atoms with Crippen molar-refractivity contribution in [3.05, 3.63) is 48.0 Å². The maximum atomic E-state index is 11.2. The maximum Gasteiger partial charge on any atom is 0.133 e. The highest BCUT2D eigenvalue weighted by atomic mass is 35.5. The largest absolute Gasteiger partial charge is 0.300 e. The lowest BCUT2D eigenvalue weighted by Gasteiger charge is -2.30. The number of nitriles is 1. The number of halogens is 1. The van der Waals surface area contributed by atoms with Crippen molar-refractivity contribution in [1.29, 1.82) is 5.26 Å². The number of carbonyl (C=O) groups excluding carboxylic acids is 1. The van der Waals surface area contributed by atoms with Gasteiger partial charge in [0.05, 0.1) is 11.5 Å². The first kappa shape index (κ1) is 14.5. The van der Waals surface area contributed by atoms with E-state index in [2.05, 4.69) is 19.2 Å². The third kappa shape index (κ3) is 3.00. The van der Waals surface area contributed by atoms with Crippen LogP contribution in [0.25, 0.3) is 0 Å². The molecule has 0 atom stereocenters. The second-order valence-electron chi connectivity index (χ2n) is 4.24. The van der Waals surface area contributed by atoms with Crippen LogP contribution in [0.15, 0.2) is 37.4 Å². The quantitative estimate of drug-likeness (QED) is 0.716. The molecule has 0 saturated heterocycles. The van der Waals surface area contributed by atoms with Crippen LogP contribution in [-0.2, 0) is 10.2 Å². The van der Waals surface area contributed by atoms with E-state index in [4.69, 9.17) is 11.6 Å². The van der Waals surface area contributed by atoms with Gasteiger partial charge < -0.3 is 0 Å². The summed E-state index contributed by atoms with van der Waals surface area (Å²) in [5.41, 5.74) is 0.491. The molecule has 3 heteroatoms. The van der Waals surface area contributed by atoms with Crippen LogP contribution in [0.2, 0.25) is 5.02 Å². The molecule has 2 nitrogen and oxygen atoms in total. The molecule has 1 aromatic carbocycles. The van der Waals surface area contributed by atoms with Crippen molar-refractivity contribution in [2.24, 2.45) is 0 Å². The molecule has 0 spiro atoms. The fourth-order valence-corrected chi connectivity index (χ4v) is 2.32. The number of hydrogen-bond donors (Lipinski definition) is 0. The third-order valence-electron chi connectivity index (χ3n) is 3.27. The minimum atomic E-state index is -0.488. The fraction of sp³-hybridized carbons (Fsp3) is 0.333. The molecule has 0 bridgehead atoms. The Morgan fingerprint density at radius 1 is 1.17 bits per heavy atom. The summed E-state index contributed by atoms with van der Waals surface area (Å²) in [4.78, 5) is 11.2. The minimum Gasteiger partial charge on any atom is -0.300 e. The molecule has 0 radical (unpaired) electrons. The van der Waals surface area contributed by atoms with Gasteiger partial charge in [-0.1, -0.05) is 23.7 Å². The average molecular weight is 262 g/mol. The predicted molar refractivity (Wildman–Crippen MR) is 73.5 cm³/mol. The van der Waals surface area contributed by atoms with Crippen LogP contribution >= 0.6 is 11.6 Å². The number of carbonyl (C=O) groups is 1. The summed E-state index contributed by atoms with van der Waals surface area (Å²) in [6, 6.07) is 9.75. The Bertz CT molecular complexity index is 448. The molecule has 1 aliphatic carbocycles. The first-order valence-electron chi connectivity index (χ1n) is 5.85. The molecule has 1 aromatic rings. The van der Waals surface area contributed by atoms with E-state index in [1.54, 1.807) is 12.1 Å². The molecule has 0 aliphatic heterocycles. The van der Waals surface area contributed by atoms with Crippen molar-refractivity contribution in [1.82, 2.24) is 0 Å². The SMILES string of the molecule is C=C.N#CC1(c2ccc(Cl)cc2)CCC(=O)CC1. The lowest BCUT2D eigenvalue weighted by molar-refractivity contribution is -0.120. The molecule has 0 N–H and O–H groups in total. The second kappa shape index (κ2) is 6.37. The molecule has 1 fully saturated rings. The summed E-state index contributed by atoms with van der Waals surface area (Å²) >= 11 is 5.83. The monoisotopic (exact) mass is 261 g/mol. The number of benzene rings is 1. The average Bonchev–Trinajstić information content (AvgIpc) is 2.43. The Morgan fingerprint density at radius 3 is 2.11 bits per heavy atom. The zero-order valence-corrected chi connectivity index (χ0v) is 11.0. The number of nitrogens with zero attached hydrogens (tertiary/aromatic N) is 1. The summed E-state index contributed by atoms with van der Waals surface area (Å²) in [5, 5.41) is 10.0. The van der Waals surface area contributed by atoms with Crippen molar-refractivity contribution in [3.63, 3.8) is 0 Å². The van der Waals surface area contributed by atoms with Gasteiger partial charge in [0.2, 0.25) is 0 Å². The zero-order chi connectivity index (χ0) is 13.6. The summed E-state index contributed by atoms with van der Waals surface area (Å²) < 4.78 is 0. The number of ketones is 1. The van der Waals surface area contributed by atoms with E-state index in [1.807, 2.05) is 12.1 Å². The van der Waals surface area contributed by atoms with Crippen molar-refractivity contribution in [2.75, 3.05) is 0 Å².